The van der Waals surface area contributed by atoms with Gasteiger partial charge < -0.3 is 9.47 Å². The zero-order chi connectivity index (χ0) is 21.6. The van der Waals surface area contributed by atoms with Crippen LogP contribution in [0, 0.1) is 5.82 Å². The minimum atomic E-state index is -3.76. The second-order valence-electron chi connectivity index (χ2n) is 7.13. The molecule has 4 aromatic rings. The third-order valence-electron chi connectivity index (χ3n) is 5.32. The van der Waals surface area contributed by atoms with Crippen LogP contribution in [0.25, 0.3) is 10.9 Å². The summed E-state index contributed by atoms with van der Waals surface area (Å²) in [7, 11) is -3.76. The predicted molar refractivity (Wildman–Crippen MR) is 119 cm³/mol. The zero-order valence-corrected chi connectivity index (χ0v) is 17.7. The van der Waals surface area contributed by atoms with Crippen molar-refractivity contribution in [1.29, 1.82) is 0 Å². The predicted octanol–water partition coefficient (Wildman–Crippen LogP) is 4.26. The van der Waals surface area contributed by atoms with Crippen LogP contribution in [0.3, 0.4) is 0 Å². The molecule has 0 spiro atoms. The van der Waals surface area contributed by atoms with E-state index in [-0.39, 0.29) is 23.2 Å². The molecule has 0 radical (unpaired) electrons. The van der Waals surface area contributed by atoms with Gasteiger partial charge in [-0.1, -0.05) is 12.1 Å². The summed E-state index contributed by atoms with van der Waals surface area (Å²) in [4.78, 5) is 18.7. The van der Waals surface area contributed by atoms with Crippen molar-refractivity contribution in [3.8, 4) is 0 Å². The van der Waals surface area contributed by atoms with Crippen LogP contribution in [0.1, 0.15) is 13.9 Å². The van der Waals surface area contributed by atoms with Crippen LogP contribution < -0.4 is 9.62 Å². The second kappa shape index (κ2) is 7.47. The number of anilines is 2. The molecule has 1 aliphatic rings. The van der Waals surface area contributed by atoms with Crippen molar-refractivity contribution in [2.45, 2.75) is 17.4 Å². The number of sulfonamides is 1. The fourth-order valence-electron chi connectivity index (χ4n) is 3.87. The molecule has 5 rings (SSSR count). The number of nitrogens with one attached hydrogen (secondary N) is 1. The molecule has 1 atom stereocenters. The molecule has 1 saturated heterocycles. The molecule has 10 heteroatoms. The van der Waals surface area contributed by atoms with Gasteiger partial charge in [0.05, 0.1) is 10.4 Å². The van der Waals surface area contributed by atoms with Crippen molar-refractivity contribution in [2.75, 3.05) is 16.2 Å². The highest BCUT2D eigenvalue weighted by atomic mass is 32.2. The maximum absolute atomic E-state index is 14.4. The van der Waals surface area contributed by atoms with Gasteiger partial charge in [-0.25, -0.2) is 17.8 Å². The Balaban J connectivity index is 0.00000245. The number of thiazole rings is 1. The number of benzene rings is 2. The van der Waals surface area contributed by atoms with Crippen molar-refractivity contribution in [2.24, 2.45) is 0 Å². The van der Waals surface area contributed by atoms with Gasteiger partial charge in [-0.15, -0.1) is 11.3 Å². The summed E-state index contributed by atoms with van der Waals surface area (Å²) in [6.45, 7) is 0.459. The van der Waals surface area contributed by atoms with Crippen LogP contribution in [-0.4, -0.2) is 30.4 Å². The number of hydrogen-bond acceptors (Lipinski definition) is 5. The van der Waals surface area contributed by atoms with Gasteiger partial charge in [-0.2, -0.15) is 0 Å². The molecule has 0 aliphatic carbocycles. The molecular weight excluding hydrogens is 439 g/mol. The maximum atomic E-state index is 14.4. The SMILES string of the molecule is O=C1[C@@H](n2ccc3cccc(F)c32)CCN1c1ccc(S(=O)(=O)Nc2nccs2)cc1.[HH]. The van der Waals surface area contributed by atoms with Crippen molar-refractivity contribution in [3.63, 3.8) is 0 Å². The molecule has 1 amide bonds. The third kappa shape index (κ3) is 3.47. The number of carbonyl (C=O) groups excluding carboxylic acids is 1. The maximum Gasteiger partial charge on any atom is 0.263 e. The van der Waals surface area contributed by atoms with Gasteiger partial charge in [0.2, 0.25) is 5.91 Å². The number of hydrogen-bond donors (Lipinski definition) is 1. The minimum absolute atomic E-state index is 0. The molecule has 2 aromatic heterocycles. The Morgan fingerprint density at radius 3 is 2.71 bits per heavy atom. The van der Waals surface area contributed by atoms with Crippen LogP contribution in [-0.2, 0) is 14.8 Å². The molecular formula is C21H19FN4O3S2. The Labute approximate surface area is 183 Å². The molecule has 0 saturated carbocycles. The third-order valence-corrected chi connectivity index (χ3v) is 7.49. The Morgan fingerprint density at radius 1 is 1.16 bits per heavy atom. The Bertz CT molecular complexity index is 1370. The topological polar surface area (TPSA) is 84.3 Å². The van der Waals surface area contributed by atoms with Crippen LogP contribution in [0.4, 0.5) is 15.2 Å². The van der Waals surface area contributed by atoms with Crippen LogP contribution >= 0.6 is 11.3 Å². The van der Waals surface area contributed by atoms with Crippen molar-refractivity contribution >= 4 is 49.0 Å². The number of halogens is 1. The van der Waals surface area contributed by atoms with Crippen LogP contribution in [0.15, 0.2) is 71.2 Å². The lowest BCUT2D eigenvalue weighted by Gasteiger charge is -2.18. The first-order chi connectivity index (χ1) is 14.9. The second-order valence-corrected chi connectivity index (χ2v) is 9.71. The largest absolute Gasteiger partial charge is 0.333 e. The van der Waals surface area contributed by atoms with Crippen LogP contribution in [0.5, 0.6) is 0 Å². The van der Waals surface area contributed by atoms with Crippen molar-refractivity contribution in [3.05, 3.63) is 72.1 Å². The number of nitrogens with zero attached hydrogens (tertiary/aromatic N) is 3. The fourth-order valence-corrected chi connectivity index (χ4v) is 5.65. The van der Waals surface area contributed by atoms with Gasteiger partial charge in [0.1, 0.15) is 11.9 Å². The molecule has 7 nitrogen and oxygen atoms in total. The normalized spacial score (nSPS) is 16.9. The van der Waals surface area contributed by atoms with Gasteiger partial charge in [-0.05, 0) is 42.8 Å². The molecule has 1 fully saturated rings. The van der Waals surface area contributed by atoms with Crippen LogP contribution in [0.2, 0.25) is 0 Å². The fraction of sp³-hybridized carbons (Fsp3) is 0.143. The highest BCUT2D eigenvalue weighted by molar-refractivity contribution is 7.93. The highest BCUT2D eigenvalue weighted by Crippen LogP contribution is 2.33. The van der Waals surface area contributed by atoms with E-state index in [0.29, 0.717) is 24.2 Å². The standard InChI is InChI=1S/C21H17FN4O3S2.H2/c22-17-3-1-2-14-8-11-26(19(14)17)18-9-12-25(20(18)27)15-4-6-16(7-5-15)31(28,29)24-21-23-10-13-30-21;/h1-8,10-11,13,18H,9,12H2,(H,23,24);1H/t18-;/m0./s1. The van der Waals surface area contributed by atoms with E-state index in [1.54, 1.807) is 45.3 Å². The zero-order valence-electron chi connectivity index (χ0n) is 16.1. The van der Waals surface area contributed by atoms with Crippen molar-refractivity contribution in [1.82, 2.24) is 9.55 Å². The smallest absolute Gasteiger partial charge is 0.263 e. The molecule has 2 aromatic carbocycles. The summed E-state index contributed by atoms with van der Waals surface area (Å²) in [5.74, 6) is -0.520. The number of aromatic nitrogens is 2. The summed E-state index contributed by atoms with van der Waals surface area (Å²) in [5.41, 5.74) is 1.01. The Hall–Kier alpha value is -3.24. The minimum Gasteiger partial charge on any atom is -0.333 e. The first-order valence-corrected chi connectivity index (χ1v) is 11.9. The molecule has 31 heavy (non-hydrogen) atoms. The monoisotopic (exact) mass is 458 g/mol. The Morgan fingerprint density at radius 2 is 1.97 bits per heavy atom. The summed E-state index contributed by atoms with van der Waals surface area (Å²) in [6.07, 6.45) is 3.78. The molecule has 0 unspecified atom stereocenters. The highest BCUT2D eigenvalue weighted by Gasteiger charge is 2.34. The number of fused-ring (bicyclic) bond motifs is 1. The van der Waals surface area contributed by atoms with E-state index in [4.69, 9.17) is 0 Å². The van der Waals surface area contributed by atoms with Gasteiger partial charge in [0, 0.05) is 36.8 Å². The molecule has 0 bridgehead atoms. The first kappa shape index (κ1) is 19.7. The van der Waals surface area contributed by atoms with Crippen molar-refractivity contribution < 1.29 is 19.0 Å². The quantitative estimate of drug-likeness (QED) is 0.484. The summed E-state index contributed by atoms with van der Waals surface area (Å²) in [6, 6.07) is 12.2. The van der Waals surface area contributed by atoms with E-state index in [1.165, 1.54) is 35.7 Å². The number of rotatable bonds is 5. The van der Waals surface area contributed by atoms with E-state index in [0.717, 1.165) is 5.39 Å². The first-order valence-electron chi connectivity index (χ1n) is 9.53. The van der Waals surface area contributed by atoms with E-state index in [2.05, 4.69) is 9.71 Å². The summed E-state index contributed by atoms with van der Waals surface area (Å²) in [5, 5.41) is 2.71. The van der Waals surface area contributed by atoms with Gasteiger partial charge in [0.25, 0.3) is 10.0 Å². The summed E-state index contributed by atoms with van der Waals surface area (Å²) >= 11 is 1.19. The van der Waals surface area contributed by atoms with Gasteiger partial charge in [0.15, 0.2) is 5.13 Å². The Kier molecular flexibility index (Phi) is 4.75. The van der Waals surface area contributed by atoms with Gasteiger partial charge in [-0.3, -0.25) is 9.52 Å². The molecule has 1 N–H and O–H groups in total. The average molecular weight is 459 g/mol. The average Bonchev–Trinajstić information content (AvgIpc) is 3.48. The van der Waals surface area contributed by atoms with E-state index < -0.39 is 16.1 Å². The number of amides is 1. The van der Waals surface area contributed by atoms with Gasteiger partial charge >= 0.3 is 0 Å². The van der Waals surface area contributed by atoms with E-state index >= 15 is 0 Å². The molecule has 160 valence electrons. The van der Waals surface area contributed by atoms with E-state index in [9.17, 15) is 17.6 Å². The molecule has 1 aliphatic heterocycles. The number of para-hydroxylation sites is 1. The molecule has 3 heterocycles. The lowest BCUT2D eigenvalue weighted by molar-refractivity contribution is -0.119. The summed E-state index contributed by atoms with van der Waals surface area (Å²) < 4.78 is 43.5. The van der Waals surface area contributed by atoms with E-state index in [1.807, 2.05) is 6.07 Å². The number of carbonyl (C=O) groups is 1. The lowest BCUT2D eigenvalue weighted by atomic mass is 10.2. The lowest BCUT2D eigenvalue weighted by Crippen LogP contribution is -2.28.